The van der Waals surface area contributed by atoms with Gasteiger partial charge in [-0.3, -0.25) is 0 Å². The molecule has 1 heterocycles. The first-order chi connectivity index (χ1) is 8.59. The Labute approximate surface area is 112 Å². The first-order valence-corrected chi connectivity index (χ1v) is 7.53. The van der Waals surface area contributed by atoms with E-state index in [-0.39, 0.29) is 0 Å². The Morgan fingerprint density at radius 2 is 2.11 bits per heavy atom. The van der Waals surface area contributed by atoms with Crippen LogP contribution in [0.1, 0.15) is 65.2 Å². The molecule has 0 radical (unpaired) electrons. The van der Waals surface area contributed by atoms with Crippen LogP contribution >= 0.6 is 0 Å². The molecule has 3 heteroatoms. The second kappa shape index (κ2) is 7.76. The molecule has 0 aliphatic carbocycles. The van der Waals surface area contributed by atoms with E-state index in [2.05, 4.69) is 17.9 Å². The number of rotatable bonds is 6. The maximum Gasteiger partial charge on any atom is 0.101 e. The van der Waals surface area contributed by atoms with Crippen LogP contribution in [-0.2, 0) is 0 Å². The summed E-state index contributed by atoms with van der Waals surface area (Å²) in [5.41, 5.74) is 5.20. The molecule has 18 heavy (non-hydrogen) atoms. The van der Waals surface area contributed by atoms with Gasteiger partial charge in [0.05, 0.1) is 6.07 Å². The highest BCUT2D eigenvalue weighted by molar-refractivity contribution is 5.00. The molecule has 104 valence electrons. The van der Waals surface area contributed by atoms with Crippen molar-refractivity contribution in [2.24, 2.45) is 5.73 Å². The smallest absolute Gasteiger partial charge is 0.101 e. The van der Waals surface area contributed by atoms with Crippen LogP contribution in [0.3, 0.4) is 0 Å². The molecular formula is C15H29N3. The third kappa shape index (κ3) is 5.37. The molecule has 0 aromatic carbocycles. The summed E-state index contributed by atoms with van der Waals surface area (Å²) in [4.78, 5) is 2.66. The number of likely N-dealkylation sites (tertiary alicyclic amines) is 1. The van der Waals surface area contributed by atoms with E-state index in [1.54, 1.807) is 0 Å². The monoisotopic (exact) mass is 251 g/mol. The first-order valence-electron chi connectivity index (χ1n) is 7.53. The summed E-state index contributed by atoms with van der Waals surface area (Å²) in [6.07, 6.45) is 9.82. The van der Waals surface area contributed by atoms with Crippen LogP contribution in [-0.4, -0.2) is 29.6 Å². The van der Waals surface area contributed by atoms with Crippen LogP contribution in [0.5, 0.6) is 0 Å². The van der Waals surface area contributed by atoms with Gasteiger partial charge in [-0.05, 0) is 58.5 Å². The number of unbranched alkanes of at least 4 members (excludes halogenated alkanes) is 1. The van der Waals surface area contributed by atoms with Crippen molar-refractivity contribution < 1.29 is 0 Å². The van der Waals surface area contributed by atoms with E-state index in [9.17, 15) is 0 Å². The second-order valence-corrected chi connectivity index (χ2v) is 5.93. The molecule has 1 aliphatic rings. The van der Waals surface area contributed by atoms with E-state index in [0.29, 0.717) is 0 Å². The van der Waals surface area contributed by atoms with Gasteiger partial charge in [0.25, 0.3) is 0 Å². The van der Waals surface area contributed by atoms with Crippen molar-refractivity contribution in [3.8, 4) is 6.07 Å². The van der Waals surface area contributed by atoms with Crippen molar-refractivity contribution in [3.63, 3.8) is 0 Å². The summed E-state index contributed by atoms with van der Waals surface area (Å²) in [6, 6.07) is 2.96. The van der Waals surface area contributed by atoms with Gasteiger partial charge in [-0.25, -0.2) is 0 Å². The Bertz CT molecular complexity index is 267. The van der Waals surface area contributed by atoms with Crippen LogP contribution in [0.15, 0.2) is 0 Å². The molecule has 1 rings (SSSR count). The van der Waals surface area contributed by atoms with E-state index < -0.39 is 5.54 Å². The molecule has 2 unspecified atom stereocenters. The lowest BCUT2D eigenvalue weighted by molar-refractivity contribution is 0.190. The topological polar surface area (TPSA) is 53.0 Å². The normalized spacial score (nSPS) is 25.1. The Balaban J connectivity index is 2.26. The van der Waals surface area contributed by atoms with E-state index in [1.165, 1.54) is 51.6 Å². The molecule has 0 aromatic rings. The van der Waals surface area contributed by atoms with Gasteiger partial charge >= 0.3 is 0 Å². The molecule has 1 aliphatic heterocycles. The molecule has 1 fully saturated rings. The van der Waals surface area contributed by atoms with Gasteiger partial charge in [-0.1, -0.05) is 19.8 Å². The SMILES string of the molecule is CCC1CCCCCN1CCCCC(C)(N)C#N. The zero-order valence-corrected chi connectivity index (χ0v) is 12.1. The van der Waals surface area contributed by atoms with Crippen molar-refractivity contribution in [1.29, 1.82) is 5.26 Å². The lowest BCUT2D eigenvalue weighted by Gasteiger charge is -2.29. The minimum atomic E-state index is -0.636. The fourth-order valence-corrected chi connectivity index (χ4v) is 2.86. The summed E-state index contributed by atoms with van der Waals surface area (Å²) in [5.74, 6) is 0. The van der Waals surface area contributed by atoms with Crippen LogP contribution < -0.4 is 5.73 Å². The molecule has 0 bridgehead atoms. The lowest BCUT2D eigenvalue weighted by atomic mass is 9.98. The molecule has 0 aromatic heterocycles. The predicted octanol–water partition coefficient (Wildman–Crippen LogP) is 3.05. The van der Waals surface area contributed by atoms with Crippen molar-refractivity contribution in [2.75, 3.05) is 13.1 Å². The fraction of sp³-hybridized carbons (Fsp3) is 0.933. The van der Waals surface area contributed by atoms with Crippen molar-refractivity contribution >= 4 is 0 Å². The van der Waals surface area contributed by atoms with Crippen molar-refractivity contribution in [2.45, 2.75) is 76.8 Å². The largest absolute Gasteiger partial charge is 0.314 e. The van der Waals surface area contributed by atoms with Gasteiger partial charge in [0, 0.05) is 6.04 Å². The summed E-state index contributed by atoms with van der Waals surface area (Å²) < 4.78 is 0. The molecule has 0 spiro atoms. The maximum atomic E-state index is 8.87. The van der Waals surface area contributed by atoms with Gasteiger partial charge in [0.1, 0.15) is 5.54 Å². The average Bonchev–Trinajstić information content (AvgIpc) is 2.59. The standard InChI is InChI=1S/C15H29N3/c1-3-14-9-5-4-7-11-18(14)12-8-6-10-15(2,17)13-16/h14H,3-12,17H2,1-2H3. The average molecular weight is 251 g/mol. The lowest BCUT2D eigenvalue weighted by Crippen LogP contribution is -2.36. The summed E-state index contributed by atoms with van der Waals surface area (Å²) in [6.45, 7) is 6.57. The van der Waals surface area contributed by atoms with Crippen LogP contribution in [0.25, 0.3) is 0 Å². The number of hydrogen-bond acceptors (Lipinski definition) is 3. The van der Waals surface area contributed by atoms with Gasteiger partial charge in [-0.2, -0.15) is 5.26 Å². The molecule has 3 nitrogen and oxygen atoms in total. The van der Waals surface area contributed by atoms with E-state index in [4.69, 9.17) is 11.0 Å². The number of nitrogens with two attached hydrogens (primary N) is 1. The molecule has 0 saturated carbocycles. The summed E-state index contributed by atoms with van der Waals surface area (Å²) in [7, 11) is 0. The Morgan fingerprint density at radius 3 is 2.78 bits per heavy atom. The first kappa shape index (κ1) is 15.5. The van der Waals surface area contributed by atoms with Crippen molar-refractivity contribution in [1.82, 2.24) is 4.90 Å². The molecule has 2 atom stereocenters. The number of nitrogens with zero attached hydrogens (tertiary/aromatic N) is 2. The zero-order chi connectivity index (χ0) is 13.4. The van der Waals surface area contributed by atoms with Crippen molar-refractivity contribution in [3.05, 3.63) is 0 Å². The number of nitriles is 1. The van der Waals surface area contributed by atoms with Crippen LogP contribution in [0.4, 0.5) is 0 Å². The summed E-state index contributed by atoms with van der Waals surface area (Å²) >= 11 is 0. The third-order valence-corrected chi connectivity index (χ3v) is 4.12. The van der Waals surface area contributed by atoms with Gasteiger partial charge in [-0.15, -0.1) is 0 Å². The Hall–Kier alpha value is -0.590. The molecule has 2 N–H and O–H groups in total. The zero-order valence-electron chi connectivity index (χ0n) is 12.1. The Morgan fingerprint density at radius 1 is 1.33 bits per heavy atom. The minimum Gasteiger partial charge on any atom is -0.314 e. The van der Waals surface area contributed by atoms with Crippen LogP contribution in [0, 0.1) is 11.3 Å². The highest BCUT2D eigenvalue weighted by Gasteiger charge is 2.20. The highest BCUT2D eigenvalue weighted by Crippen LogP contribution is 2.20. The van der Waals surface area contributed by atoms with Gasteiger partial charge in [0.15, 0.2) is 0 Å². The third-order valence-electron chi connectivity index (χ3n) is 4.12. The van der Waals surface area contributed by atoms with Gasteiger partial charge in [0.2, 0.25) is 0 Å². The molecule has 1 saturated heterocycles. The van der Waals surface area contributed by atoms with Crippen LogP contribution in [0.2, 0.25) is 0 Å². The van der Waals surface area contributed by atoms with E-state index >= 15 is 0 Å². The fourth-order valence-electron chi connectivity index (χ4n) is 2.86. The minimum absolute atomic E-state index is 0.636. The second-order valence-electron chi connectivity index (χ2n) is 5.93. The predicted molar refractivity (Wildman–Crippen MR) is 76.2 cm³/mol. The summed E-state index contributed by atoms with van der Waals surface area (Å²) in [5, 5.41) is 8.87. The highest BCUT2D eigenvalue weighted by atomic mass is 15.1. The Kier molecular flexibility index (Phi) is 6.67. The molecule has 0 amide bonds. The maximum absolute atomic E-state index is 8.87. The number of hydrogen-bond donors (Lipinski definition) is 1. The van der Waals surface area contributed by atoms with E-state index in [1.807, 2.05) is 6.92 Å². The van der Waals surface area contributed by atoms with E-state index in [0.717, 1.165) is 18.9 Å². The quantitative estimate of drug-likeness (QED) is 0.738. The van der Waals surface area contributed by atoms with Gasteiger partial charge < -0.3 is 10.6 Å². The molecular weight excluding hydrogens is 222 g/mol.